The first kappa shape index (κ1) is 26.6. The van der Waals surface area contributed by atoms with Crippen molar-refractivity contribution in [3.8, 4) is 0 Å². The van der Waals surface area contributed by atoms with Crippen LogP contribution in [0.5, 0.6) is 0 Å². The van der Waals surface area contributed by atoms with Gasteiger partial charge in [-0.2, -0.15) is 0 Å². The summed E-state index contributed by atoms with van der Waals surface area (Å²) in [5.41, 5.74) is 1.27. The van der Waals surface area contributed by atoms with Crippen molar-refractivity contribution in [2.75, 3.05) is 39.3 Å². The zero-order chi connectivity index (χ0) is 27.0. The molecule has 2 fully saturated rings. The number of benzene rings is 1. The third-order valence-corrected chi connectivity index (χ3v) is 8.18. The fourth-order valence-electron chi connectivity index (χ4n) is 5.17. The van der Waals surface area contributed by atoms with Crippen molar-refractivity contribution in [3.05, 3.63) is 62.5 Å². The number of nitrogens with one attached hydrogen (secondary N) is 1. The molecule has 0 radical (unpaired) electrons. The number of piperazine rings is 1. The minimum atomic E-state index is -0.877. The lowest BCUT2D eigenvalue weighted by Crippen LogP contribution is -2.53. The number of hydrogen-bond donors (Lipinski definition) is 1. The van der Waals surface area contributed by atoms with Gasteiger partial charge < -0.3 is 19.9 Å². The lowest BCUT2D eigenvalue weighted by molar-refractivity contribution is -0.139. The molecule has 2 atom stereocenters. The first-order valence-electron chi connectivity index (χ1n) is 12.7. The Hall–Kier alpha value is -3.02. The average molecular weight is 561 g/mol. The van der Waals surface area contributed by atoms with Crippen LogP contribution < -0.4 is 5.32 Å². The van der Waals surface area contributed by atoms with Gasteiger partial charge in [-0.15, -0.1) is 11.3 Å². The van der Waals surface area contributed by atoms with Crippen LogP contribution >= 0.6 is 22.9 Å². The number of fused-ring (bicyclic) bond motifs is 1. The summed E-state index contributed by atoms with van der Waals surface area (Å²) in [5.74, 6) is -0.646. The highest BCUT2D eigenvalue weighted by atomic mass is 35.5. The Kier molecular flexibility index (Phi) is 7.69. The number of rotatable bonds is 7. The number of esters is 1. The molecule has 0 saturated carbocycles. The first-order chi connectivity index (χ1) is 18.3. The molecule has 2 aromatic rings. The summed E-state index contributed by atoms with van der Waals surface area (Å²) in [6.07, 6.45) is 1.68. The molecule has 12 heteroatoms. The molecule has 1 aromatic heterocycles. The number of nitrogens with zero attached hydrogens (tertiary/aromatic N) is 5. The third-order valence-electron chi connectivity index (χ3n) is 7.00. The van der Waals surface area contributed by atoms with E-state index >= 15 is 0 Å². The average Bonchev–Trinajstić information content (AvgIpc) is 3.54. The molecule has 2 saturated heterocycles. The number of aromatic nitrogens is 1. The van der Waals surface area contributed by atoms with E-state index in [-0.39, 0.29) is 35.3 Å². The molecular weight excluding hydrogens is 531 g/mol. The summed E-state index contributed by atoms with van der Waals surface area (Å²) in [6, 6.07) is 3.89. The normalized spacial score (nSPS) is 22.1. The van der Waals surface area contributed by atoms with Gasteiger partial charge in [-0.1, -0.05) is 23.7 Å². The van der Waals surface area contributed by atoms with Gasteiger partial charge in [0.05, 0.1) is 23.2 Å². The van der Waals surface area contributed by atoms with Gasteiger partial charge in [0, 0.05) is 61.6 Å². The largest absolute Gasteiger partial charge is 0.463 e. The Morgan fingerprint density at radius 3 is 2.84 bits per heavy atom. The fourth-order valence-corrected chi connectivity index (χ4v) is 5.99. The van der Waals surface area contributed by atoms with Crippen LogP contribution in [0.3, 0.4) is 0 Å². The van der Waals surface area contributed by atoms with Gasteiger partial charge in [0.15, 0.2) is 10.8 Å². The lowest BCUT2D eigenvalue weighted by atomic mass is 9.95. The highest BCUT2D eigenvalue weighted by molar-refractivity contribution is 7.11. The standard InChI is InChI=1S/C26H30ClFN6O3S/c1-4-37-25(35)20-19(14-32-9-10-33-16(12-32)13-34(15(2)3)26(33)36)30-23(24-29-8-11-38-24)31-22(20)17-6-5-7-18(28)21(17)27/h5-8,11,15-16,22H,4,9-10,12-14H2,1-3H3,(H,30,31). The maximum Gasteiger partial charge on any atom is 0.338 e. The van der Waals surface area contributed by atoms with E-state index in [1.165, 1.54) is 17.4 Å². The summed E-state index contributed by atoms with van der Waals surface area (Å²) in [5, 5.41) is 5.72. The van der Waals surface area contributed by atoms with E-state index in [9.17, 15) is 14.0 Å². The molecular formula is C26H30ClFN6O3S. The maximum absolute atomic E-state index is 14.5. The third kappa shape index (κ3) is 5.02. The molecule has 1 aromatic carbocycles. The number of carbonyl (C=O) groups is 2. The quantitative estimate of drug-likeness (QED) is 0.520. The summed E-state index contributed by atoms with van der Waals surface area (Å²) in [6.45, 7) is 8.91. The smallest absolute Gasteiger partial charge is 0.338 e. The van der Waals surface area contributed by atoms with Crippen molar-refractivity contribution in [3.63, 3.8) is 0 Å². The van der Waals surface area contributed by atoms with E-state index < -0.39 is 17.8 Å². The van der Waals surface area contributed by atoms with E-state index in [0.717, 1.165) is 0 Å². The predicted molar refractivity (Wildman–Crippen MR) is 144 cm³/mol. The van der Waals surface area contributed by atoms with Crippen molar-refractivity contribution in [1.29, 1.82) is 0 Å². The Labute approximate surface area is 229 Å². The van der Waals surface area contributed by atoms with Crippen LogP contribution in [0.15, 0.2) is 46.0 Å². The molecule has 4 heterocycles. The number of halogens is 2. The topological polar surface area (TPSA) is 90.4 Å². The zero-order valence-corrected chi connectivity index (χ0v) is 23.1. The molecule has 9 nitrogen and oxygen atoms in total. The van der Waals surface area contributed by atoms with Gasteiger partial charge in [0.25, 0.3) is 0 Å². The molecule has 5 rings (SSSR count). The molecule has 0 aliphatic carbocycles. The van der Waals surface area contributed by atoms with E-state index in [1.54, 1.807) is 25.3 Å². The molecule has 3 aliphatic heterocycles. The second-order valence-corrected chi connectivity index (χ2v) is 11.0. The highest BCUT2D eigenvalue weighted by Gasteiger charge is 2.42. The van der Waals surface area contributed by atoms with Gasteiger partial charge in [-0.05, 0) is 26.8 Å². The van der Waals surface area contributed by atoms with Crippen LogP contribution in [-0.2, 0) is 9.53 Å². The maximum atomic E-state index is 14.5. The van der Waals surface area contributed by atoms with Crippen LogP contribution in [0.1, 0.15) is 37.4 Å². The number of hydrogen-bond acceptors (Lipinski definition) is 8. The van der Waals surface area contributed by atoms with Gasteiger partial charge in [0.2, 0.25) is 0 Å². The van der Waals surface area contributed by atoms with Crippen LogP contribution in [0.25, 0.3) is 0 Å². The monoisotopic (exact) mass is 560 g/mol. The number of carbonyl (C=O) groups excluding carboxylic acids is 2. The number of ether oxygens (including phenoxy) is 1. The molecule has 2 unspecified atom stereocenters. The Morgan fingerprint density at radius 2 is 2.13 bits per heavy atom. The molecule has 2 amide bonds. The Balaban J connectivity index is 1.51. The highest BCUT2D eigenvalue weighted by Crippen LogP contribution is 2.37. The SMILES string of the molecule is CCOC(=O)C1=C(CN2CCN3C(=O)N(C(C)C)CC3C2)NC(c2nccs2)=NC1c1cccc(F)c1Cl. The molecule has 1 N–H and O–H groups in total. The van der Waals surface area contributed by atoms with Crippen LogP contribution in [0.4, 0.5) is 9.18 Å². The molecule has 3 aliphatic rings. The predicted octanol–water partition coefficient (Wildman–Crippen LogP) is 3.67. The summed E-state index contributed by atoms with van der Waals surface area (Å²) in [7, 11) is 0. The van der Waals surface area contributed by atoms with Gasteiger partial charge in [-0.25, -0.2) is 19.0 Å². The van der Waals surface area contributed by atoms with Crippen LogP contribution in [0, 0.1) is 5.82 Å². The minimum Gasteiger partial charge on any atom is -0.463 e. The van der Waals surface area contributed by atoms with Gasteiger partial charge in [-0.3, -0.25) is 9.89 Å². The van der Waals surface area contributed by atoms with Gasteiger partial charge >= 0.3 is 12.0 Å². The van der Waals surface area contributed by atoms with Crippen molar-refractivity contribution in [1.82, 2.24) is 25.0 Å². The second kappa shape index (κ2) is 11.0. The second-order valence-electron chi connectivity index (χ2n) is 9.71. The van der Waals surface area contributed by atoms with Crippen molar-refractivity contribution < 1.29 is 18.7 Å². The molecule has 38 heavy (non-hydrogen) atoms. The number of thiazole rings is 1. The minimum absolute atomic E-state index is 0.0643. The number of amidine groups is 1. The molecule has 202 valence electrons. The first-order valence-corrected chi connectivity index (χ1v) is 13.9. The van der Waals surface area contributed by atoms with E-state index in [4.69, 9.17) is 21.3 Å². The zero-order valence-electron chi connectivity index (χ0n) is 21.5. The van der Waals surface area contributed by atoms with E-state index in [0.29, 0.717) is 54.8 Å². The van der Waals surface area contributed by atoms with Crippen molar-refractivity contribution in [2.45, 2.75) is 38.9 Å². The molecule has 0 spiro atoms. The van der Waals surface area contributed by atoms with Crippen molar-refractivity contribution >= 4 is 40.8 Å². The van der Waals surface area contributed by atoms with Crippen LogP contribution in [-0.4, -0.2) is 88.9 Å². The van der Waals surface area contributed by atoms with Crippen molar-refractivity contribution in [2.24, 2.45) is 4.99 Å². The van der Waals surface area contributed by atoms with Crippen LogP contribution in [0.2, 0.25) is 5.02 Å². The summed E-state index contributed by atoms with van der Waals surface area (Å²) < 4.78 is 20.0. The fraction of sp³-hybridized carbons (Fsp3) is 0.462. The van der Waals surface area contributed by atoms with E-state index in [1.807, 2.05) is 29.0 Å². The molecule has 0 bridgehead atoms. The van der Waals surface area contributed by atoms with Gasteiger partial charge in [0.1, 0.15) is 11.9 Å². The Morgan fingerprint density at radius 1 is 1.32 bits per heavy atom. The lowest BCUT2D eigenvalue weighted by Gasteiger charge is -2.38. The van der Waals surface area contributed by atoms with E-state index in [2.05, 4.69) is 15.2 Å². The Bertz CT molecular complexity index is 1280. The summed E-state index contributed by atoms with van der Waals surface area (Å²) >= 11 is 7.80. The summed E-state index contributed by atoms with van der Waals surface area (Å²) in [4.78, 5) is 41.4. The number of amides is 2. The number of urea groups is 1. The number of aliphatic imine (C=N–C) groups is 1.